The van der Waals surface area contributed by atoms with Crippen molar-refractivity contribution < 1.29 is 4.79 Å². The highest BCUT2D eigenvalue weighted by Crippen LogP contribution is 2.18. The summed E-state index contributed by atoms with van der Waals surface area (Å²) in [6, 6.07) is 2.51. The third-order valence-electron chi connectivity index (χ3n) is 4.60. The van der Waals surface area contributed by atoms with E-state index in [4.69, 9.17) is 5.73 Å². The average molecular weight is 305 g/mol. The van der Waals surface area contributed by atoms with Crippen molar-refractivity contribution in [3.8, 4) is 6.07 Å². The van der Waals surface area contributed by atoms with Crippen molar-refractivity contribution in [1.82, 2.24) is 14.7 Å². The molecule has 0 spiro atoms. The van der Waals surface area contributed by atoms with E-state index in [1.165, 1.54) is 6.42 Å². The molecule has 0 radical (unpaired) electrons. The van der Waals surface area contributed by atoms with Crippen molar-refractivity contribution in [3.05, 3.63) is 11.8 Å². The van der Waals surface area contributed by atoms with Crippen LogP contribution in [0.1, 0.15) is 26.2 Å². The third-order valence-corrected chi connectivity index (χ3v) is 4.60. The number of carbonyl (C=O) groups is 1. The number of piperazine rings is 1. The van der Waals surface area contributed by atoms with Crippen LogP contribution in [0.3, 0.4) is 0 Å². The van der Waals surface area contributed by atoms with Crippen molar-refractivity contribution in [2.75, 3.05) is 45.8 Å². The average Bonchev–Trinajstić information content (AvgIpc) is 2.54. The van der Waals surface area contributed by atoms with Gasteiger partial charge in [-0.2, -0.15) is 5.26 Å². The van der Waals surface area contributed by atoms with Gasteiger partial charge in [-0.25, -0.2) is 0 Å². The first-order chi connectivity index (χ1) is 10.7. The third kappa shape index (κ3) is 4.21. The number of carbonyl (C=O) groups excluding carboxylic acids is 1. The Bertz CT molecular complexity index is 448. The zero-order chi connectivity index (χ0) is 15.9. The molecule has 2 fully saturated rings. The van der Waals surface area contributed by atoms with Crippen LogP contribution in [-0.2, 0) is 4.79 Å². The number of likely N-dealkylation sites (tertiary alicyclic amines) is 1. The second-order valence-electron chi connectivity index (χ2n) is 6.16. The summed E-state index contributed by atoms with van der Waals surface area (Å²) < 4.78 is 0. The van der Waals surface area contributed by atoms with Gasteiger partial charge in [0.25, 0.3) is 5.91 Å². The fourth-order valence-corrected chi connectivity index (χ4v) is 3.14. The van der Waals surface area contributed by atoms with Gasteiger partial charge in [0.1, 0.15) is 11.6 Å². The number of hydrogen-bond acceptors (Lipinski definition) is 5. The Kier molecular flexibility index (Phi) is 6.22. The summed E-state index contributed by atoms with van der Waals surface area (Å²) in [6.07, 6.45) is 5.26. The van der Waals surface area contributed by atoms with Crippen molar-refractivity contribution in [2.45, 2.75) is 32.2 Å². The van der Waals surface area contributed by atoms with E-state index in [0.29, 0.717) is 25.7 Å². The molecule has 1 unspecified atom stereocenters. The minimum atomic E-state index is -0.132. The van der Waals surface area contributed by atoms with E-state index in [2.05, 4.69) is 22.8 Å². The summed E-state index contributed by atoms with van der Waals surface area (Å²) >= 11 is 0. The van der Waals surface area contributed by atoms with E-state index in [1.54, 1.807) is 11.1 Å². The summed E-state index contributed by atoms with van der Waals surface area (Å²) in [5.41, 5.74) is 5.83. The largest absolute Gasteiger partial charge is 0.373 e. The minimum absolute atomic E-state index is 0.132. The molecule has 1 atom stereocenters. The summed E-state index contributed by atoms with van der Waals surface area (Å²) in [5.74, 6) is -0.132. The lowest BCUT2D eigenvalue weighted by molar-refractivity contribution is -0.128. The van der Waals surface area contributed by atoms with Crippen molar-refractivity contribution in [2.24, 2.45) is 5.73 Å². The molecule has 22 heavy (non-hydrogen) atoms. The fraction of sp³-hybridized carbons (Fsp3) is 0.750. The molecule has 0 saturated carbocycles. The van der Waals surface area contributed by atoms with Gasteiger partial charge in [0.15, 0.2) is 0 Å². The number of nitrogens with zero attached hydrogens (tertiary/aromatic N) is 4. The van der Waals surface area contributed by atoms with Gasteiger partial charge >= 0.3 is 0 Å². The van der Waals surface area contributed by atoms with E-state index in [0.717, 1.165) is 39.0 Å². The first-order valence-corrected chi connectivity index (χ1v) is 8.25. The van der Waals surface area contributed by atoms with Crippen molar-refractivity contribution >= 4 is 5.91 Å². The number of nitrogens with two attached hydrogens (primary N) is 1. The predicted octanol–water partition coefficient (Wildman–Crippen LogP) is 0.371. The molecular weight excluding hydrogens is 278 g/mol. The summed E-state index contributed by atoms with van der Waals surface area (Å²) in [7, 11) is 0. The Balaban J connectivity index is 1.96. The van der Waals surface area contributed by atoms with Crippen LogP contribution in [0.15, 0.2) is 11.8 Å². The van der Waals surface area contributed by atoms with E-state index in [1.807, 2.05) is 0 Å². The highest BCUT2D eigenvalue weighted by Gasteiger charge is 2.25. The van der Waals surface area contributed by atoms with Crippen LogP contribution in [-0.4, -0.2) is 72.5 Å². The topological polar surface area (TPSA) is 76.6 Å². The van der Waals surface area contributed by atoms with Crippen LogP contribution >= 0.6 is 0 Å². The van der Waals surface area contributed by atoms with Crippen LogP contribution in [0.5, 0.6) is 0 Å². The molecule has 2 aliphatic heterocycles. The van der Waals surface area contributed by atoms with Crippen LogP contribution in [0.25, 0.3) is 0 Å². The van der Waals surface area contributed by atoms with Gasteiger partial charge < -0.3 is 15.5 Å². The monoisotopic (exact) mass is 305 g/mol. The molecule has 6 heteroatoms. The highest BCUT2D eigenvalue weighted by molar-refractivity contribution is 5.97. The Morgan fingerprint density at radius 3 is 2.59 bits per heavy atom. The molecule has 0 bridgehead atoms. The number of rotatable bonds is 4. The molecule has 0 aromatic carbocycles. The van der Waals surface area contributed by atoms with E-state index >= 15 is 0 Å². The molecule has 2 aliphatic rings. The van der Waals surface area contributed by atoms with Gasteiger partial charge in [-0.15, -0.1) is 0 Å². The molecule has 2 rings (SSSR count). The Morgan fingerprint density at radius 2 is 2.00 bits per heavy atom. The van der Waals surface area contributed by atoms with Crippen LogP contribution < -0.4 is 5.73 Å². The van der Waals surface area contributed by atoms with Crippen LogP contribution in [0.2, 0.25) is 0 Å². The smallest absolute Gasteiger partial charge is 0.266 e. The number of hydrogen-bond donors (Lipinski definition) is 1. The molecule has 0 aromatic rings. The molecule has 0 aromatic heterocycles. The van der Waals surface area contributed by atoms with Crippen molar-refractivity contribution in [3.63, 3.8) is 0 Å². The van der Waals surface area contributed by atoms with E-state index in [9.17, 15) is 10.1 Å². The summed E-state index contributed by atoms with van der Waals surface area (Å²) in [6.45, 7) is 7.62. The van der Waals surface area contributed by atoms with Gasteiger partial charge in [-0.3, -0.25) is 9.69 Å². The number of nitriles is 1. The second-order valence-corrected chi connectivity index (χ2v) is 6.16. The van der Waals surface area contributed by atoms with E-state index < -0.39 is 0 Å². The molecule has 2 heterocycles. The molecular formula is C16H27N5O. The number of piperidine rings is 1. The molecule has 0 aliphatic carbocycles. The number of amides is 1. The second kappa shape index (κ2) is 8.16. The molecule has 6 nitrogen and oxygen atoms in total. The lowest BCUT2D eigenvalue weighted by Gasteiger charge is -2.35. The van der Waals surface area contributed by atoms with Crippen molar-refractivity contribution in [1.29, 1.82) is 5.26 Å². The SMILES string of the molecule is CC1CCCCN1/C=C(/C#N)C(=O)N1CCN(CCN)CC1. The quantitative estimate of drug-likeness (QED) is 0.600. The maximum atomic E-state index is 12.5. The van der Waals surface area contributed by atoms with Gasteiger partial charge in [-0.1, -0.05) is 0 Å². The lowest BCUT2D eigenvalue weighted by atomic mass is 10.0. The lowest BCUT2D eigenvalue weighted by Crippen LogP contribution is -2.50. The Hall–Kier alpha value is -1.58. The minimum Gasteiger partial charge on any atom is -0.373 e. The fourth-order valence-electron chi connectivity index (χ4n) is 3.14. The summed E-state index contributed by atoms with van der Waals surface area (Å²) in [5, 5.41) is 9.36. The van der Waals surface area contributed by atoms with Crippen LogP contribution in [0.4, 0.5) is 0 Å². The van der Waals surface area contributed by atoms with Crippen LogP contribution in [0, 0.1) is 11.3 Å². The Morgan fingerprint density at radius 1 is 1.27 bits per heavy atom. The maximum Gasteiger partial charge on any atom is 0.266 e. The van der Waals surface area contributed by atoms with Gasteiger partial charge in [0.05, 0.1) is 0 Å². The summed E-state index contributed by atoms with van der Waals surface area (Å²) in [4.78, 5) is 18.7. The zero-order valence-corrected chi connectivity index (χ0v) is 13.5. The van der Waals surface area contributed by atoms with Gasteiger partial charge in [-0.05, 0) is 26.2 Å². The normalized spacial score (nSPS) is 24.2. The molecule has 1 amide bonds. The molecule has 2 N–H and O–H groups in total. The molecule has 122 valence electrons. The first kappa shape index (κ1) is 16.8. The first-order valence-electron chi connectivity index (χ1n) is 8.25. The highest BCUT2D eigenvalue weighted by atomic mass is 16.2. The standard InChI is InChI=1S/C16H27N5O/c1-14-4-2-3-6-21(14)13-15(12-18)16(22)20-10-8-19(7-5-17)9-11-20/h13-14H,2-11,17H2,1H3/b15-13-. The maximum absolute atomic E-state index is 12.5. The van der Waals surface area contributed by atoms with Gasteiger partial charge in [0.2, 0.25) is 0 Å². The Labute approximate surface area is 133 Å². The van der Waals surface area contributed by atoms with E-state index in [-0.39, 0.29) is 11.5 Å². The van der Waals surface area contributed by atoms with Gasteiger partial charge in [0, 0.05) is 58.1 Å². The zero-order valence-electron chi connectivity index (χ0n) is 13.5. The molecule has 2 saturated heterocycles. The predicted molar refractivity (Wildman–Crippen MR) is 85.8 cm³/mol.